The molecule has 0 N–H and O–H groups in total. The Morgan fingerprint density at radius 1 is 1.16 bits per heavy atom. The monoisotopic (exact) mass is 420 g/mol. The lowest BCUT2D eigenvalue weighted by atomic mass is 9.75. The third kappa shape index (κ3) is 3.93. The summed E-state index contributed by atoms with van der Waals surface area (Å²) in [5.74, 6) is 1.30. The van der Waals surface area contributed by atoms with Crippen molar-refractivity contribution in [1.29, 1.82) is 0 Å². The van der Waals surface area contributed by atoms with Gasteiger partial charge in [-0.25, -0.2) is 4.98 Å². The summed E-state index contributed by atoms with van der Waals surface area (Å²) in [6, 6.07) is 7.19. The molecule has 1 spiro atoms. The van der Waals surface area contributed by atoms with Gasteiger partial charge in [-0.3, -0.25) is 9.69 Å². The van der Waals surface area contributed by atoms with Crippen molar-refractivity contribution in [3.05, 3.63) is 53.1 Å². The van der Waals surface area contributed by atoms with Gasteiger partial charge in [-0.1, -0.05) is 29.3 Å². The van der Waals surface area contributed by atoms with Gasteiger partial charge >= 0.3 is 0 Å². The summed E-state index contributed by atoms with van der Waals surface area (Å²) in [6.07, 6.45) is 7.67. The maximum absolute atomic E-state index is 13.8. The molecule has 2 saturated heterocycles. The quantitative estimate of drug-likeness (QED) is 0.699. The number of benzene rings is 1. The van der Waals surface area contributed by atoms with Crippen molar-refractivity contribution >= 4 is 5.91 Å². The van der Waals surface area contributed by atoms with Crippen LogP contribution >= 0.6 is 0 Å². The largest absolute Gasteiger partial charge is 0.342 e. The number of rotatable bonds is 6. The summed E-state index contributed by atoms with van der Waals surface area (Å²) in [7, 11) is 0. The van der Waals surface area contributed by atoms with Crippen molar-refractivity contribution in [2.24, 2.45) is 11.3 Å². The van der Waals surface area contributed by atoms with Crippen molar-refractivity contribution < 1.29 is 4.79 Å². The van der Waals surface area contributed by atoms with E-state index in [1.54, 1.807) is 0 Å². The molecule has 5 heteroatoms. The minimum atomic E-state index is -0.316. The van der Waals surface area contributed by atoms with Crippen molar-refractivity contribution in [2.45, 2.75) is 65.5 Å². The SMILES string of the molecule is Cc1cc(C)cc(CN2C[C@H](c3cn(C(C)C)cn3)[C@@]3(CCN(CC4CC4)C3=O)C2)c1. The first kappa shape index (κ1) is 20.7. The van der Waals surface area contributed by atoms with Crippen LogP contribution in [-0.4, -0.2) is 51.4 Å². The van der Waals surface area contributed by atoms with E-state index in [0.29, 0.717) is 11.9 Å². The standard InChI is InChI=1S/C26H36N4O/c1-18(2)30-15-24(27-17-30)23-14-28(12-22-10-19(3)9-20(4)11-22)16-26(23)7-8-29(25(26)31)13-21-5-6-21/h9-11,15,17-18,21,23H,5-8,12-14,16H2,1-4H3/t23-,26-/m1/s1. The molecule has 2 aliphatic heterocycles. The van der Waals surface area contributed by atoms with E-state index in [1.165, 1.54) is 29.5 Å². The van der Waals surface area contributed by atoms with Gasteiger partial charge in [0.25, 0.3) is 0 Å². The molecule has 1 saturated carbocycles. The Balaban J connectivity index is 1.43. The van der Waals surface area contributed by atoms with E-state index in [9.17, 15) is 4.79 Å². The number of hydrogen-bond donors (Lipinski definition) is 0. The predicted molar refractivity (Wildman–Crippen MR) is 123 cm³/mol. The highest BCUT2D eigenvalue weighted by Crippen LogP contribution is 2.50. The van der Waals surface area contributed by atoms with Crippen LogP contribution < -0.4 is 0 Å². The van der Waals surface area contributed by atoms with Gasteiger partial charge in [0.15, 0.2) is 0 Å². The van der Waals surface area contributed by atoms with E-state index in [4.69, 9.17) is 4.98 Å². The summed E-state index contributed by atoms with van der Waals surface area (Å²) in [4.78, 5) is 23.3. The fraction of sp³-hybridized carbons (Fsp3) is 0.615. The zero-order valence-corrected chi connectivity index (χ0v) is 19.5. The molecule has 0 radical (unpaired) electrons. The number of amides is 1. The second-order valence-corrected chi connectivity index (χ2v) is 10.7. The number of nitrogens with zero attached hydrogens (tertiary/aromatic N) is 4. The van der Waals surface area contributed by atoms with E-state index in [1.807, 2.05) is 6.33 Å². The molecule has 3 fully saturated rings. The molecule has 31 heavy (non-hydrogen) atoms. The van der Waals surface area contributed by atoms with E-state index in [2.05, 4.69) is 66.5 Å². The second-order valence-electron chi connectivity index (χ2n) is 10.7. The number of hydrogen-bond acceptors (Lipinski definition) is 3. The smallest absolute Gasteiger partial charge is 0.230 e. The number of likely N-dealkylation sites (tertiary alicyclic amines) is 2. The molecule has 0 unspecified atom stereocenters. The molecule has 3 heterocycles. The van der Waals surface area contributed by atoms with Gasteiger partial charge in [0, 0.05) is 50.9 Å². The molecule has 1 aliphatic carbocycles. The van der Waals surface area contributed by atoms with Crippen molar-refractivity contribution in [1.82, 2.24) is 19.4 Å². The first-order chi connectivity index (χ1) is 14.8. The maximum atomic E-state index is 13.8. The fourth-order valence-corrected chi connectivity index (χ4v) is 5.85. The molecule has 0 bridgehead atoms. The van der Waals surface area contributed by atoms with Gasteiger partial charge in [0.05, 0.1) is 17.4 Å². The van der Waals surface area contributed by atoms with E-state index in [-0.39, 0.29) is 11.3 Å². The fourth-order valence-electron chi connectivity index (χ4n) is 5.85. The Morgan fingerprint density at radius 2 is 1.90 bits per heavy atom. The van der Waals surface area contributed by atoms with Gasteiger partial charge in [-0.2, -0.15) is 0 Å². The predicted octanol–water partition coefficient (Wildman–Crippen LogP) is 4.31. The third-order valence-electron chi connectivity index (χ3n) is 7.59. The number of carbonyl (C=O) groups is 1. The number of imidazole rings is 1. The molecule has 5 nitrogen and oxygen atoms in total. The van der Waals surface area contributed by atoms with Gasteiger partial charge in [-0.05, 0) is 58.4 Å². The molecule has 2 aromatic rings. The topological polar surface area (TPSA) is 41.4 Å². The molecule has 1 aromatic heterocycles. The lowest BCUT2D eigenvalue weighted by Crippen LogP contribution is -2.40. The summed E-state index contributed by atoms with van der Waals surface area (Å²) in [5, 5.41) is 0. The normalized spacial score (nSPS) is 26.7. The Labute approximate surface area is 186 Å². The van der Waals surface area contributed by atoms with Gasteiger partial charge in [0.1, 0.15) is 0 Å². The summed E-state index contributed by atoms with van der Waals surface area (Å²) < 4.78 is 2.18. The highest BCUT2D eigenvalue weighted by atomic mass is 16.2. The Morgan fingerprint density at radius 3 is 2.55 bits per heavy atom. The van der Waals surface area contributed by atoms with E-state index < -0.39 is 0 Å². The highest BCUT2D eigenvalue weighted by molar-refractivity contribution is 5.87. The van der Waals surface area contributed by atoms with Gasteiger partial charge in [0.2, 0.25) is 5.91 Å². The molecule has 166 valence electrons. The minimum absolute atomic E-state index is 0.176. The number of aromatic nitrogens is 2. The molecule has 3 aliphatic rings. The molecular formula is C26H36N4O. The summed E-state index contributed by atoms with van der Waals surface area (Å²) in [6.45, 7) is 13.2. The Kier molecular flexibility index (Phi) is 5.20. The average molecular weight is 421 g/mol. The van der Waals surface area contributed by atoms with Crippen LogP contribution in [0.25, 0.3) is 0 Å². The average Bonchev–Trinajstić information content (AvgIpc) is 3.12. The maximum Gasteiger partial charge on any atom is 0.230 e. The van der Waals surface area contributed by atoms with Crippen LogP contribution in [0.3, 0.4) is 0 Å². The Bertz CT molecular complexity index is 955. The third-order valence-corrected chi connectivity index (χ3v) is 7.59. The van der Waals surface area contributed by atoms with Crippen LogP contribution in [0.2, 0.25) is 0 Å². The van der Waals surface area contributed by atoms with E-state index in [0.717, 1.165) is 50.8 Å². The van der Waals surface area contributed by atoms with Crippen LogP contribution in [0.5, 0.6) is 0 Å². The van der Waals surface area contributed by atoms with Crippen molar-refractivity contribution in [3.8, 4) is 0 Å². The zero-order valence-electron chi connectivity index (χ0n) is 19.5. The van der Waals surface area contributed by atoms with Crippen LogP contribution in [0.4, 0.5) is 0 Å². The van der Waals surface area contributed by atoms with Crippen LogP contribution in [0.15, 0.2) is 30.7 Å². The number of carbonyl (C=O) groups excluding carboxylic acids is 1. The summed E-state index contributed by atoms with van der Waals surface area (Å²) >= 11 is 0. The lowest BCUT2D eigenvalue weighted by molar-refractivity contribution is -0.136. The molecule has 2 atom stereocenters. The molecule has 5 rings (SSSR count). The van der Waals surface area contributed by atoms with Crippen molar-refractivity contribution in [3.63, 3.8) is 0 Å². The number of aryl methyl sites for hydroxylation is 2. The first-order valence-electron chi connectivity index (χ1n) is 12.0. The zero-order chi connectivity index (χ0) is 21.8. The highest BCUT2D eigenvalue weighted by Gasteiger charge is 2.58. The van der Waals surface area contributed by atoms with Gasteiger partial charge in [-0.15, -0.1) is 0 Å². The first-order valence-corrected chi connectivity index (χ1v) is 12.0. The second kappa shape index (κ2) is 7.77. The van der Waals surface area contributed by atoms with Gasteiger partial charge < -0.3 is 9.47 Å². The molecule has 1 aromatic carbocycles. The summed E-state index contributed by atoms with van der Waals surface area (Å²) in [5.41, 5.74) is 4.75. The molecular weight excluding hydrogens is 384 g/mol. The lowest BCUT2D eigenvalue weighted by Gasteiger charge is -2.28. The molecule has 1 amide bonds. The Hall–Kier alpha value is -2.14. The van der Waals surface area contributed by atoms with E-state index >= 15 is 0 Å². The van der Waals surface area contributed by atoms with Crippen LogP contribution in [-0.2, 0) is 11.3 Å². The van der Waals surface area contributed by atoms with Crippen LogP contribution in [0.1, 0.15) is 67.5 Å². The van der Waals surface area contributed by atoms with Crippen LogP contribution in [0, 0.1) is 25.2 Å². The van der Waals surface area contributed by atoms with Crippen molar-refractivity contribution in [2.75, 3.05) is 26.2 Å². The minimum Gasteiger partial charge on any atom is -0.342 e.